The molecule has 4 rings (SSSR count). The van der Waals surface area contributed by atoms with Crippen molar-refractivity contribution in [2.45, 2.75) is 31.7 Å². The summed E-state index contributed by atoms with van der Waals surface area (Å²) in [6.45, 7) is -0.149. The maximum absolute atomic E-state index is 12.3. The van der Waals surface area contributed by atoms with E-state index in [1.54, 1.807) is 6.07 Å². The van der Waals surface area contributed by atoms with Gasteiger partial charge in [-0.3, -0.25) is 4.79 Å². The van der Waals surface area contributed by atoms with Gasteiger partial charge in [0.2, 0.25) is 5.91 Å². The number of hydrogen-bond donors (Lipinski definition) is 2. The molecule has 3 aromatic rings. The van der Waals surface area contributed by atoms with Crippen LogP contribution in [0.2, 0.25) is 0 Å². The van der Waals surface area contributed by atoms with Gasteiger partial charge in [0.15, 0.2) is 0 Å². The second kappa shape index (κ2) is 9.87. The number of carbonyl (C=O) groups is 2. The molecule has 0 radical (unpaired) electrons. The molecule has 0 spiro atoms. The van der Waals surface area contributed by atoms with Crippen LogP contribution < -0.4 is 44.8 Å². The molecule has 2 aromatic carbocycles. The molecule has 0 saturated heterocycles. The van der Waals surface area contributed by atoms with Gasteiger partial charge < -0.3 is 26.3 Å². The molecule has 1 aromatic heterocycles. The first-order valence-electron chi connectivity index (χ1n) is 9.91. The fraction of sp³-hybridized carbons (Fsp3) is 0.304. The number of nitrogens with two attached hydrogens (primary N) is 1. The quantitative estimate of drug-likeness (QED) is 0.314. The number of aliphatic hydroxyl groups excluding tert-OH is 1. The van der Waals surface area contributed by atoms with E-state index in [1.165, 1.54) is 7.11 Å². The standard InChI is InChI=1S/C23H24N2O5.Na.H/c1-29-15-10-18-22(19(11-15)30-20(27)13-26)21-16(23(24)28)8-5-9-17(21)25(18)12-14-6-3-2-4-7-14;;/h2-4,6-7,10-11,16,26H,5,8-9,12-13H2,1H3,(H2,24,28);;/q;+1;-1. The number of aromatic nitrogens is 1. The second-order valence-corrected chi connectivity index (χ2v) is 7.43. The number of amides is 1. The van der Waals surface area contributed by atoms with Crippen LogP contribution in [-0.2, 0) is 22.6 Å². The number of fused-ring (bicyclic) bond motifs is 3. The molecular weight excluding hydrogens is 407 g/mol. The van der Waals surface area contributed by atoms with Crippen molar-refractivity contribution < 1.29 is 55.2 Å². The van der Waals surface area contributed by atoms with Gasteiger partial charge in [0.05, 0.1) is 18.5 Å². The minimum atomic E-state index is -0.777. The number of carbonyl (C=O) groups excluding carboxylic acids is 2. The van der Waals surface area contributed by atoms with Gasteiger partial charge in [-0.15, -0.1) is 0 Å². The summed E-state index contributed by atoms with van der Waals surface area (Å²) in [6, 6.07) is 13.5. The third-order valence-corrected chi connectivity index (χ3v) is 5.62. The van der Waals surface area contributed by atoms with Crippen molar-refractivity contribution >= 4 is 22.8 Å². The molecule has 0 fully saturated rings. The number of esters is 1. The Morgan fingerprint density at radius 1 is 1.26 bits per heavy atom. The molecule has 31 heavy (non-hydrogen) atoms. The van der Waals surface area contributed by atoms with Gasteiger partial charge in [0, 0.05) is 29.8 Å². The molecule has 8 heteroatoms. The van der Waals surface area contributed by atoms with Crippen LogP contribution in [0.1, 0.15) is 37.0 Å². The first-order chi connectivity index (χ1) is 14.5. The van der Waals surface area contributed by atoms with E-state index >= 15 is 0 Å². The summed E-state index contributed by atoms with van der Waals surface area (Å²) in [5.74, 6) is -0.860. The summed E-state index contributed by atoms with van der Waals surface area (Å²) in [5, 5.41) is 9.86. The van der Waals surface area contributed by atoms with Gasteiger partial charge in [-0.2, -0.15) is 0 Å². The van der Waals surface area contributed by atoms with E-state index < -0.39 is 24.4 Å². The van der Waals surface area contributed by atoms with E-state index in [0.717, 1.165) is 35.2 Å². The molecule has 1 heterocycles. The number of hydrogen-bond acceptors (Lipinski definition) is 5. The SMILES string of the molecule is COc1cc(OC(=O)CO)c2c3c(n(Cc4ccccc4)c2c1)CCCC3C(N)=O.[H-].[Na+]. The number of nitrogens with zero attached hydrogens (tertiary/aromatic N) is 1. The van der Waals surface area contributed by atoms with E-state index in [0.29, 0.717) is 24.1 Å². The van der Waals surface area contributed by atoms with Gasteiger partial charge in [-0.1, -0.05) is 30.3 Å². The van der Waals surface area contributed by atoms with Crippen LogP contribution in [0, 0.1) is 0 Å². The van der Waals surface area contributed by atoms with Crippen molar-refractivity contribution in [3.05, 3.63) is 59.3 Å². The predicted molar refractivity (Wildman–Crippen MR) is 113 cm³/mol. The molecule has 1 aliphatic carbocycles. The second-order valence-electron chi connectivity index (χ2n) is 7.43. The third kappa shape index (κ3) is 4.50. The van der Waals surface area contributed by atoms with Crippen LogP contribution in [0.4, 0.5) is 0 Å². The van der Waals surface area contributed by atoms with E-state index in [9.17, 15) is 14.7 Å². The van der Waals surface area contributed by atoms with Crippen LogP contribution >= 0.6 is 0 Å². The van der Waals surface area contributed by atoms with E-state index in [-0.39, 0.29) is 36.7 Å². The molecule has 0 saturated carbocycles. The summed E-state index contributed by atoms with van der Waals surface area (Å²) in [5.41, 5.74) is 9.48. The van der Waals surface area contributed by atoms with Gasteiger partial charge in [0.25, 0.3) is 0 Å². The van der Waals surface area contributed by atoms with E-state index in [4.69, 9.17) is 15.2 Å². The average Bonchev–Trinajstić information content (AvgIpc) is 3.08. The largest absolute Gasteiger partial charge is 1.00 e. The van der Waals surface area contributed by atoms with Gasteiger partial charge in [0.1, 0.15) is 18.1 Å². The maximum atomic E-state index is 12.3. The minimum absolute atomic E-state index is 0. The zero-order valence-electron chi connectivity index (χ0n) is 18.8. The minimum Gasteiger partial charge on any atom is -1.00 e. The molecule has 1 unspecified atom stereocenters. The van der Waals surface area contributed by atoms with Crippen LogP contribution in [0.3, 0.4) is 0 Å². The zero-order valence-corrected chi connectivity index (χ0v) is 19.8. The maximum Gasteiger partial charge on any atom is 1.00 e. The number of primary amides is 1. The topological polar surface area (TPSA) is 104 Å². The van der Waals surface area contributed by atoms with Crippen LogP contribution in [0.5, 0.6) is 11.5 Å². The Balaban J connectivity index is 0.00000181. The Labute approximate surface area is 203 Å². The Kier molecular flexibility index (Phi) is 7.43. The van der Waals surface area contributed by atoms with Gasteiger partial charge >= 0.3 is 35.5 Å². The predicted octanol–water partition coefficient (Wildman–Crippen LogP) is -0.382. The number of ether oxygens (including phenoxy) is 2. The third-order valence-electron chi connectivity index (χ3n) is 5.62. The monoisotopic (exact) mass is 432 g/mol. The van der Waals surface area contributed by atoms with Crippen molar-refractivity contribution in [3.8, 4) is 11.5 Å². The number of aliphatic hydroxyl groups is 1. The summed E-state index contributed by atoms with van der Waals surface area (Å²) in [6.07, 6.45) is 2.27. The molecular formula is C23H25N2NaO5. The van der Waals surface area contributed by atoms with Crippen molar-refractivity contribution in [1.29, 1.82) is 0 Å². The normalized spacial score (nSPS) is 15.1. The molecule has 1 amide bonds. The fourth-order valence-corrected chi connectivity index (χ4v) is 4.34. The number of benzene rings is 2. The summed E-state index contributed by atoms with van der Waals surface area (Å²) >= 11 is 0. The van der Waals surface area contributed by atoms with Crippen LogP contribution in [-0.4, -0.2) is 35.3 Å². The summed E-state index contributed by atoms with van der Waals surface area (Å²) in [7, 11) is 1.54. The van der Waals surface area contributed by atoms with Crippen molar-refractivity contribution in [2.75, 3.05) is 13.7 Å². The Hall–Kier alpha value is -2.32. The Morgan fingerprint density at radius 3 is 2.65 bits per heavy atom. The zero-order chi connectivity index (χ0) is 21.3. The number of rotatable bonds is 6. The number of methoxy groups -OCH3 is 1. The molecule has 158 valence electrons. The Morgan fingerprint density at radius 2 is 2.00 bits per heavy atom. The van der Waals surface area contributed by atoms with E-state index in [2.05, 4.69) is 4.57 Å². The fourth-order valence-electron chi connectivity index (χ4n) is 4.34. The van der Waals surface area contributed by atoms with Crippen LogP contribution in [0.25, 0.3) is 10.9 Å². The first kappa shape index (κ1) is 23.3. The molecule has 7 nitrogen and oxygen atoms in total. The first-order valence-corrected chi connectivity index (χ1v) is 9.91. The molecule has 3 N–H and O–H groups in total. The molecule has 1 atom stereocenters. The summed E-state index contributed by atoms with van der Waals surface area (Å²) < 4.78 is 13.0. The van der Waals surface area contributed by atoms with Crippen molar-refractivity contribution in [3.63, 3.8) is 0 Å². The van der Waals surface area contributed by atoms with E-state index in [1.807, 2.05) is 36.4 Å². The Bertz CT molecular complexity index is 1120. The smallest absolute Gasteiger partial charge is 1.00 e. The van der Waals surface area contributed by atoms with Crippen molar-refractivity contribution in [2.24, 2.45) is 5.73 Å². The van der Waals surface area contributed by atoms with Gasteiger partial charge in [-0.25, -0.2) is 4.79 Å². The molecule has 0 bridgehead atoms. The van der Waals surface area contributed by atoms with Gasteiger partial charge in [-0.05, 0) is 30.4 Å². The summed E-state index contributed by atoms with van der Waals surface area (Å²) in [4.78, 5) is 24.2. The average molecular weight is 432 g/mol. The molecule has 1 aliphatic rings. The van der Waals surface area contributed by atoms with Crippen molar-refractivity contribution in [1.82, 2.24) is 4.57 Å². The van der Waals surface area contributed by atoms with Crippen LogP contribution in [0.15, 0.2) is 42.5 Å². The molecule has 0 aliphatic heterocycles.